The van der Waals surface area contributed by atoms with E-state index in [-0.39, 0.29) is 17.6 Å². The number of carboxylic acids is 1. The van der Waals surface area contributed by atoms with Crippen LogP contribution in [0.1, 0.15) is 46.9 Å². The highest BCUT2D eigenvalue weighted by molar-refractivity contribution is 5.95. The van der Waals surface area contributed by atoms with Crippen molar-refractivity contribution in [3.63, 3.8) is 0 Å². The zero-order valence-electron chi connectivity index (χ0n) is 10.9. The summed E-state index contributed by atoms with van der Waals surface area (Å²) in [6.07, 6.45) is 1.78. The molecule has 1 rings (SSSR count). The van der Waals surface area contributed by atoms with E-state index in [9.17, 15) is 14.7 Å². The van der Waals surface area contributed by atoms with Crippen molar-refractivity contribution in [1.82, 2.24) is 5.32 Å². The highest BCUT2D eigenvalue weighted by atomic mass is 16.4. The summed E-state index contributed by atoms with van der Waals surface area (Å²) in [5.74, 6) is -1.25. The maximum atomic E-state index is 11.7. The van der Waals surface area contributed by atoms with Crippen LogP contribution >= 0.6 is 0 Å². The number of amides is 1. The first kappa shape index (κ1) is 15.2. The molecule has 0 bridgehead atoms. The van der Waals surface area contributed by atoms with E-state index in [1.807, 2.05) is 6.92 Å². The van der Waals surface area contributed by atoms with Crippen molar-refractivity contribution < 1.29 is 19.8 Å². The van der Waals surface area contributed by atoms with Gasteiger partial charge in [-0.3, -0.25) is 4.79 Å². The largest absolute Gasteiger partial charge is 0.478 e. The fourth-order valence-corrected chi connectivity index (χ4v) is 1.61. The second kappa shape index (κ2) is 7.53. The summed E-state index contributed by atoms with van der Waals surface area (Å²) in [7, 11) is 0. The Balaban J connectivity index is 2.39. The number of hydrogen-bond donors (Lipinski definition) is 3. The fourth-order valence-electron chi connectivity index (χ4n) is 1.61. The van der Waals surface area contributed by atoms with Gasteiger partial charge in [-0.1, -0.05) is 6.92 Å². The number of aliphatic hydroxyl groups excluding tert-OH is 1. The van der Waals surface area contributed by atoms with Crippen molar-refractivity contribution in [3.8, 4) is 0 Å². The molecule has 5 nitrogen and oxygen atoms in total. The van der Waals surface area contributed by atoms with Crippen LogP contribution in [-0.4, -0.2) is 34.7 Å². The van der Waals surface area contributed by atoms with Crippen LogP contribution in [0, 0.1) is 0 Å². The molecule has 0 aliphatic rings. The molecular formula is C14H19NO4. The number of aliphatic hydroxyl groups is 1. The number of carbonyl (C=O) groups excluding carboxylic acids is 1. The van der Waals surface area contributed by atoms with Gasteiger partial charge in [-0.05, 0) is 43.5 Å². The van der Waals surface area contributed by atoms with E-state index in [0.29, 0.717) is 31.4 Å². The average molecular weight is 265 g/mol. The van der Waals surface area contributed by atoms with Crippen LogP contribution in [0.2, 0.25) is 0 Å². The maximum Gasteiger partial charge on any atom is 0.335 e. The van der Waals surface area contributed by atoms with E-state index in [1.54, 1.807) is 0 Å². The van der Waals surface area contributed by atoms with E-state index < -0.39 is 5.97 Å². The molecule has 5 heteroatoms. The summed E-state index contributed by atoms with van der Waals surface area (Å²) in [5.41, 5.74) is 0.587. The highest BCUT2D eigenvalue weighted by Gasteiger charge is 2.07. The highest BCUT2D eigenvalue weighted by Crippen LogP contribution is 2.05. The Morgan fingerprint density at radius 1 is 1.21 bits per heavy atom. The first-order valence-corrected chi connectivity index (χ1v) is 6.34. The lowest BCUT2D eigenvalue weighted by Crippen LogP contribution is -2.25. The van der Waals surface area contributed by atoms with Gasteiger partial charge in [0.05, 0.1) is 11.7 Å². The van der Waals surface area contributed by atoms with Gasteiger partial charge in [0.25, 0.3) is 5.91 Å². The SMILES string of the molecule is CCC(O)CCCNC(=O)c1ccc(C(=O)O)cc1. The molecule has 104 valence electrons. The third-order valence-electron chi connectivity index (χ3n) is 2.86. The van der Waals surface area contributed by atoms with Gasteiger partial charge in [0, 0.05) is 12.1 Å². The summed E-state index contributed by atoms with van der Waals surface area (Å²) < 4.78 is 0. The first-order valence-electron chi connectivity index (χ1n) is 6.34. The number of aromatic carboxylic acids is 1. The first-order chi connectivity index (χ1) is 9.04. The third kappa shape index (κ3) is 5.09. The molecule has 0 heterocycles. The number of carbonyl (C=O) groups is 2. The number of carboxylic acid groups (broad SMARTS) is 1. The molecule has 19 heavy (non-hydrogen) atoms. The minimum atomic E-state index is -1.01. The van der Waals surface area contributed by atoms with Gasteiger partial charge in [0.15, 0.2) is 0 Å². The molecule has 0 spiro atoms. The normalized spacial score (nSPS) is 11.9. The van der Waals surface area contributed by atoms with Crippen LogP contribution in [0.15, 0.2) is 24.3 Å². The van der Waals surface area contributed by atoms with E-state index in [2.05, 4.69) is 5.32 Å². The summed E-state index contributed by atoms with van der Waals surface area (Å²) in [6, 6.07) is 5.77. The zero-order valence-corrected chi connectivity index (χ0v) is 10.9. The molecule has 0 saturated carbocycles. The van der Waals surface area contributed by atoms with E-state index in [0.717, 1.165) is 0 Å². The van der Waals surface area contributed by atoms with Crippen molar-refractivity contribution in [2.24, 2.45) is 0 Å². The Morgan fingerprint density at radius 2 is 1.79 bits per heavy atom. The second-order valence-electron chi connectivity index (χ2n) is 4.34. The van der Waals surface area contributed by atoms with Crippen molar-refractivity contribution in [2.45, 2.75) is 32.3 Å². The Labute approximate surface area is 112 Å². The molecule has 1 aromatic carbocycles. The summed E-state index contributed by atoms with van der Waals surface area (Å²) in [6.45, 7) is 2.41. The average Bonchev–Trinajstić information content (AvgIpc) is 2.43. The summed E-state index contributed by atoms with van der Waals surface area (Å²) >= 11 is 0. The Morgan fingerprint density at radius 3 is 2.32 bits per heavy atom. The van der Waals surface area contributed by atoms with E-state index >= 15 is 0 Å². The van der Waals surface area contributed by atoms with Crippen molar-refractivity contribution >= 4 is 11.9 Å². The van der Waals surface area contributed by atoms with Crippen LogP contribution in [0.3, 0.4) is 0 Å². The number of hydrogen-bond acceptors (Lipinski definition) is 3. The van der Waals surface area contributed by atoms with Crippen LogP contribution in [-0.2, 0) is 0 Å². The van der Waals surface area contributed by atoms with Gasteiger partial charge in [-0.2, -0.15) is 0 Å². The minimum Gasteiger partial charge on any atom is -0.478 e. The maximum absolute atomic E-state index is 11.7. The fraction of sp³-hybridized carbons (Fsp3) is 0.429. The van der Waals surface area contributed by atoms with E-state index in [1.165, 1.54) is 24.3 Å². The molecule has 1 amide bonds. The smallest absolute Gasteiger partial charge is 0.335 e. The molecule has 0 radical (unpaired) electrons. The van der Waals surface area contributed by atoms with Crippen molar-refractivity contribution in [1.29, 1.82) is 0 Å². The van der Waals surface area contributed by atoms with Gasteiger partial charge in [-0.15, -0.1) is 0 Å². The van der Waals surface area contributed by atoms with Gasteiger partial charge in [-0.25, -0.2) is 4.79 Å². The quantitative estimate of drug-likeness (QED) is 0.654. The number of nitrogens with one attached hydrogen (secondary N) is 1. The second-order valence-corrected chi connectivity index (χ2v) is 4.34. The standard InChI is InChI=1S/C14H19NO4/c1-2-12(16)4-3-9-15-13(17)10-5-7-11(8-6-10)14(18)19/h5-8,12,16H,2-4,9H2,1H3,(H,15,17)(H,18,19). The van der Waals surface area contributed by atoms with E-state index in [4.69, 9.17) is 5.11 Å². The van der Waals surface area contributed by atoms with Crippen molar-refractivity contribution in [3.05, 3.63) is 35.4 Å². The van der Waals surface area contributed by atoms with Crippen molar-refractivity contribution in [2.75, 3.05) is 6.54 Å². The molecule has 0 saturated heterocycles. The number of benzene rings is 1. The third-order valence-corrected chi connectivity index (χ3v) is 2.86. The van der Waals surface area contributed by atoms with Crippen LogP contribution < -0.4 is 5.32 Å². The molecule has 1 aromatic rings. The Kier molecular flexibility index (Phi) is 6.02. The molecule has 1 atom stereocenters. The van der Waals surface area contributed by atoms with Gasteiger partial charge in [0.2, 0.25) is 0 Å². The van der Waals surface area contributed by atoms with Crippen LogP contribution in [0.25, 0.3) is 0 Å². The molecule has 0 aliphatic carbocycles. The lowest BCUT2D eigenvalue weighted by atomic mass is 10.1. The molecule has 0 aromatic heterocycles. The molecule has 1 unspecified atom stereocenters. The lowest BCUT2D eigenvalue weighted by Gasteiger charge is -2.08. The van der Waals surface area contributed by atoms with Crippen LogP contribution in [0.5, 0.6) is 0 Å². The summed E-state index contributed by atoms with van der Waals surface area (Å²) in [5, 5.41) is 20.8. The minimum absolute atomic E-state index is 0.155. The Bertz CT molecular complexity index is 428. The predicted molar refractivity (Wildman–Crippen MR) is 71.3 cm³/mol. The molecule has 0 aliphatic heterocycles. The summed E-state index contributed by atoms with van der Waals surface area (Å²) in [4.78, 5) is 22.4. The van der Waals surface area contributed by atoms with Gasteiger partial charge in [0.1, 0.15) is 0 Å². The van der Waals surface area contributed by atoms with Crippen LogP contribution in [0.4, 0.5) is 0 Å². The van der Waals surface area contributed by atoms with Gasteiger partial charge < -0.3 is 15.5 Å². The predicted octanol–water partition coefficient (Wildman–Crippen LogP) is 1.67. The van der Waals surface area contributed by atoms with Gasteiger partial charge >= 0.3 is 5.97 Å². The molecular weight excluding hydrogens is 246 g/mol. The number of rotatable bonds is 7. The Hall–Kier alpha value is -1.88. The monoisotopic (exact) mass is 265 g/mol. The topological polar surface area (TPSA) is 86.6 Å². The molecule has 3 N–H and O–H groups in total. The lowest BCUT2D eigenvalue weighted by molar-refractivity contribution is 0.0696. The molecule has 0 fully saturated rings. The zero-order chi connectivity index (χ0) is 14.3.